The molecule has 4 nitrogen and oxygen atoms in total. The Morgan fingerprint density at radius 2 is 2.05 bits per heavy atom. The van der Waals surface area contributed by atoms with Gasteiger partial charge in [0.1, 0.15) is 0 Å². The van der Waals surface area contributed by atoms with Gasteiger partial charge in [-0.05, 0) is 43.7 Å². The summed E-state index contributed by atoms with van der Waals surface area (Å²) in [7, 11) is 0. The van der Waals surface area contributed by atoms with Crippen molar-refractivity contribution in [1.82, 2.24) is 10.2 Å². The Labute approximate surface area is 126 Å². The van der Waals surface area contributed by atoms with Crippen molar-refractivity contribution in [3.05, 3.63) is 35.9 Å². The third kappa shape index (κ3) is 4.05. The van der Waals surface area contributed by atoms with Crippen molar-refractivity contribution >= 4 is 5.91 Å². The van der Waals surface area contributed by atoms with Crippen LogP contribution in [-0.4, -0.2) is 42.5 Å². The van der Waals surface area contributed by atoms with E-state index in [4.69, 9.17) is 5.73 Å². The summed E-state index contributed by atoms with van der Waals surface area (Å²) in [6.07, 6.45) is 4.53. The normalized spacial score (nSPS) is 24.0. The maximum atomic E-state index is 12.1. The van der Waals surface area contributed by atoms with Crippen molar-refractivity contribution in [1.29, 1.82) is 0 Å². The van der Waals surface area contributed by atoms with Gasteiger partial charge < -0.3 is 16.0 Å². The third-order valence-electron chi connectivity index (χ3n) is 4.58. The van der Waals surface area contributed by atoms with Gasteiger partial charge in [0.25, 0.3) is 0 Å². The van der Waals surface area contributed by atoms with Crippen LogP contribution in [0.15, 0.2) is 30.3 Å². The second-order valence-electron chi connectivity index (χ2n) is 6.42. The second kappa shape index (κ2) is 6.58. The minimum atomic E-state index is -0.451. The molecule has 1 saturated heterocycles. The summed E-state index contributed by atoms with van der Waals surface area (Å²) in [5, 5.41) is 3.03. The molecule has 1 aromatic rings. The first-order valence-electron chi connectivity index (χ1n) is 8.03. The van der Waals surface area contributed by atoms with Gasteiger partial charge in [-0.2, -0.15) is 0 Å². The number of nitrogens with two attached hydrogens (primary N) is 1. The Hall–Kier alpha value is -1.39. The molecule has 0 radical (unpaired) electrons. The molecule has 0 spiro atoms. The number of nitrogens with one attached hydrogen (secondary N) is 1. The van der Waals surface area contributed by atoms with Crippen molar-refractivity contribution in [2.75, 3.05) is 19.6 Å². The largest absolute Gasteiger partial charge is 0.354 e. The van der Waals surface area contributed by atoms with Crippen LogP contribution >= 0.6 is 0 Å². The number of hydrogen-bond acceptors (Lipinski definition) is 3. The molecule has 4 heteroatoms. The summed E-state index contributed by atoms with van der Waals surface area (Å²) in [4.78, 5) is 14.7. The molecule has 1 saturated carbocycles. The van der Waals surface area contributed by atoms with Gasteiger partial charge in [-0.1, -0.05) is 30.3 Å². The predicted octanol–water partition coefficient (Wildman–Crippen LogP) is 1.16. The number of amides is 1. The molecule has 3 N–H and O–H groups in total. The predicted molar refractivity (Wildman–Crippen MR) is 83.8 cm³/mol. The van der Waals surface area contributed by atoms with E-state index in [1.165, 1.54) is 25.8 Å². The first kappa shape index (κ1) is 14.5. The number of rotatable bonds is 6. The van der Waals surface area contributed by atoms with Crippen molar-refractivity contribution in [2.24, 2.45) is 11.7 Å². The molecular weight excluding hydrogens is 262 g/mol. The van der Waals surface area contributed by atoms with Gasteiger partial charge in [0.05, 0.1) is 6.04 Å². The van der Waals surface area contributed by atoms with E-state index in [0.717, 1.165) is 24.7 Å². The molecule has 0 bridgehead atoms. The van der Waals surface area contributed by atoms with Crippen LogP contribution in [-0.2, 0) is 11.2 Å². The van der Waals surface area contributed by atoms with E-state index >= 15 is 0 Å². The zero-order valence-electron chi connectivity index (χ0n) is 12.5. The fraction of sp³-hybridized carbons (Fsp3) is 0.588. The van der Waals surface area contributed by atoms with Gasteiger partial charge >= 0.3 is 0 Å². The number of benzene rings is 1. The fourth-order valence-electron chi connectivity index (χ4n) is 3.14. The SMILES string of the molecule is NC(Cc1ccccc1)C(=O)NCC1CCN(C2CC2)C1. The summed E-state index contributed by atoms with van der Waals surface area (Å²) in [5.74, 6) is 0.571. The lowest BCUT2D eigenvalue weighted by Gasteiger charge is -2.17. The van der Waals surface area contributed by atoms with Crippen LogP contribution in [0.25, 0.3) is 0 Å². The third-order valence-corrected chi connectivity index (χ3v) is 4.58. The van der Waals surface area contributed by atoms with Crippen LogP contribution in [0.3, 0.4) is 0 Å². The molecule has 114 valence electrons. The summed E-state index contributed by atoms with van der Waals surface area (Å²) in [6.45, 7) is 3.10. The quantitative estimate of drug-likeness (QED) is 0.825. The number of hydrogen-bond donors (Lipinski definition) is 2. The van der Waals surface area contributed by atoms with Gasteiger partial charge in [-0.3, -0.25) is 4.79 Å². The molecule has 2 aliphatic rings. The highest BCUT2D eigenvalue weighted by Gasteiger charge is 2.34. The Morgan fingerprint density at radius 1 is 1.29 bits per heavy atom. The zero-order chi connectivity index (χ0) is 14.7. The Balaban J connectivity index is 1.39. The minimum Gasteiger partial charge on any atom is -0.354 e. The zero-order valence-corrected chi connectivity index (χ0v) is 12.5. The summed E-state index contributed by atoms with van der Waals surface area (Å²) < 4.78 is 0. The highest BCUT2D eigenvalue weighted by atomic mass is 16.2. The Morgan fingerprint density at radius 3 is 2.76 bits per heavy atom. The van der Waals surface area contributed by atoms with Crippen LogP contribution in [0.4, 0.5) is 0 Å². The highest BCUT2D eigenvalue weighted by Crippen LogP contribution is 2.31. The fourth-order valence-corrected chi connectivity index (χ4v) is 3.14. The lowest BCUT2D eigenvalue weighted by atomic mass is 10.1. The summed E-state index contributed by atoms with van der Waals surface area (Å²) in [6, 6.07) is 10.3. The molecule has 2 atom stereocenters. The van der Waals surface area contributed by atoms with Gasteiger partial charge in [0, 0.05) is 19.1 Å². The van der Waals surface area contributed by atoms with E-state index in [-0.39, 0.29) is 5.91 Å². The number of carbonyl (C=O) groups excluding carboxylic acids is 1. The number of likely N-dealkylation sites (tertiary alicyclic amines) is 1. The minimum absolute atomic E-state index is 0.0243. The average Bonchev–Trinajstić information content (AvgIpc) is 3.25. The van der Waals surface area contributed by atoms with E-state index in [0.29, 0.717) is 12.3 Å². The maximum Gasteiger partial charge on any atom is 0.237 e. The van der Waals surface area contributed by atoms with E-state index in [2.05, 4.69) is 10.2 Å². The van der Waals surface area contributed by atoms with Crippen molar-refractivity contribution < 1.29 is 4.79 Å². The average molecular weight is 287 g/mol. The van der Waals surface area contributed by atoms with Crippen LogP contribution in [0.1, 0.15) is 24.8 Å². The maximum absolute atomic E-state index is 12.1. The number of nitrogens with zero attached hydrogens (tertiary/aromatic N) is 1. The molecule has 2 fully saturated rings. The molecule has 1 aromatic carbocycles. The first-order valence-corrected chi connectivity index (χ1v) is 8.03. The topological polar surface area (TPSA) is 58.4 Å². The standard InChI is InChI=1S/C17H25N3O/c18-16(10-13-4-2-1-3-5-13)17(21)19-11-14-8-9-20(12-14)15-6-7-15/h1-5,14-16H,6-12,18H2,(H,19,21). The Kier molecular flexibility index (Phi) is 4.56. The van der Waals surface area contributed by atoms with Crippen LogP contribution in [0.2, 0.25) is 0 Å². The smallest absolute Gasteiger partial charge is 0.237 e. The van der Waals surface area contributed by atoms with E-state index in [1.807, 2.05) is 30.3 Å². The Bertz CT molecular complexity index is 472. The molecule has 1 aliphatic carbocycles. The molecular formula is C17H25N3O. The van der Waals surface area contributed by atoms with Crippen LogP contribution in [0, 0.1) is 5.92 Å². The first-order chi connectivity index (χ1) is 10.2. The molecule has 1 heterocycles. The lowest BCUT2D eigenvalue weighted by Crippen LogP contribution is -2.44. The highest BCUT2D eigenvalue weighted by molar-refractivity contribution is 5.81. The van der Waals surface area contributed by atoms with Crippen molar-refractivity contribution in [3.63, 3.8) is 0 Å². The molecule has 2 unspecified atom stereocenters. The van der Waals surface area contributed by atoms with Gasteiger partial charge in [-0.15, -0.1) is 0 Å². The molecule has 3 rings (SSSR count). The summed E-state index contributed by atoms with van der Waals surface area (Å²) >= 11 is 0. The van der Waals surface area contributed by atoms with Gasteiger partial charge in [-0.25, -0.2) is 0 Å². The lowest BCUT2D eigenvalue weighted by molar-refractivity contribution is -0.122. The monoisotopic (exact) mass is 287 g/mol. The number of carbonyl (C=O) groups is 1. The molecule has 1 aliphatic heterocycles. The van der Waals surface area contributed by atoms with Crippen LogP contribution < -0.4 is 11.1 Å². The van der Waals surface area contributed by atoms with E-state index in [9.17, 15) is 4.79 Å². The summed E-state index contributed by atoms with van der Waals surface area (Å²) in [5.41, 5.74) is 7.11. The van der Waals surface area contributed by atoms with Crippen molar-refractivity contribution in [2.45, 2.75) is 37.8 Å². The van der Waals surface area contributed by atoms with Crippen molar-refractivity contribution in [3.8, 4) is 0 Å². The van der Waals surface area contributed by atoms with E-state index in [1.54, 1.807) is 0 Å². The molecule has 21 heavy (non-hydrogen) atoms. The second-order valence-corrected chi connectivity index (χ2v) is 6.42. The molecule has 1 amide bonds. The molecule has 0 aromatic heterocycles. The van der Waals surface area contributed by atoms with Crippen LogP contribution in [0.5, 0.6) is 0 Å². The van der Waals surface area contributed by atoms with Gasteiger partial charge in [0.15, 0.2) is 0 Å². The van der Waals surface area contributed by atoms with E-state index < -0.39 is 6.04 Å². The van der Waals surface area contributed by atoms with Gasteiger partial charge in [0.2, 0.25) is 5.91 Å².